The molecule has 1 amide bonds. The molecule has 1 aliphatic rings. The minimum absolute atomic E-state index is 0.00396. The van der Waals surface area contributed by atoms with Gasteiger partial charge in [-0.3, -0.25) is 4.79 Å². The van der Waals surface area contributed by atoms with Crippen LogP contribution in [-0.4, -0.2) is 33.6 Å². The Morgan fingerprint density at radius 3 is 2.57 bits per heavy atom. The van der Waals surface area contributed by atoms with E-state index >= 15 is 0 Å². The number of aliphatic hydroxyl groups is 1. The van der Waals surface area contributed by atoms with E-state index in [9.17, 15) is 23.1 Å². The van der Waals surface area contributed by atoms with Crippen LogP contribution in [0.3, 0.4) is 0 Å². The molecule has 1 aromatic rings. The normalized spacial score (nSPS) is 22.4. The van der Waals surface area contributed by atoms with E-state index < -0.39 is 24.2 Å². The molecule has 114 valence electrons. The highest BCUT2D eigenvalue weighted by atomic mass is 35.5. The van der Waals surface area contributed by atoms with Gasteiger partial charge in [0, 0.05) is 12.1 Å². The fourth-order valence-electron chi connectivity index (χ4n) is 2.06. The Balaban J connectivity index is 2.46. The van der Waals surface area contributed by atoms with Crippen LogP contribution in [0, 0.1) is 6.92 Å². The van der Waals surface area contributed by atoms with Gasteiger partial charge in [-0.15, -0.1) is 0 Å². The molecule has 0 saturated carbocycles. The topological polar surface area (TPSA) is 52.9 Å². The van der Waals surface area contributed by atoms with Crippen LogP contribution in [0.5, 0.6) is 0 Å². The Kier molecular flexibility index (Phi) is 3.75. The number of nitrogens with zero attached hydrogens (tertiary/aromatic N) is 2. The van der Waals surface area contributed by atoms with Crippen LogP contribution in [0.25, 0.3) is 0 Å². The molecular weight excluding hydrogens is 309 g/mol. The van der Waals surface area contributed by atoms with Crippen molar-refractivity contribution in [1.29, 1.82) is 0 Å². The van der Waals surface area contributed by atoms with Crippen molar-refractivity contribution in [3.05, 3.63) is 34.3 Å². The Labute approximate surface area is 123 Å². The molecule has 8 heteroatoms. The molecule has 0 saturated heterocycles. The van der Waals surface area contributed by atoms with E-state index in [0.29, 0.717) is 0 Å². The third-order valence-corrected chi connectivity index (χ3v) is 3.44. The van der Waals surface area contributed by atoms with Crippen molar-refractivity contribution < 1.29 is 23.1 Å². The number of carbonyl (C=O) groups is 1. The van der Waals surface area contributed by atoms with Crippen LogP contribution < -0.4 is 0 Å². The fourth-order valence-corrected chi connectivity index (χ4v) is 2.38. The van der Waals surface area contributed by atoms with Crippen molar-refractivity contribution in [2.24, 2.45) is 5.10 Å². The van der Waals surface area contributed by atoms with Crippen LogP contribution in [0.4, 0.5) is 13.2 Å². The monoisotopic (exact) mass is 320 g/mol. The zero-order valence-corrected chi connectivity index (χ0v) is 12.0. The van der Waals surface area contributed by atoms with Crippen molar-refractivity contribution in [3.8, 4) is 0 Å². The van der Waals surface area contributed by atoms with Gasteiger partial charge in [0.2, 0.25) is 0 Å². The number of aryl methyl sites for hydroxylation is 1. The van der Waals surface area contributed by atoms with E-state index in [1.54, 1.807) is 13.0 Å². The second kappa shape index (κ2) is 4.99. The summed E-state index contributed by atoms with van der Waals surface area (Å²) in [7, 11) is 0. The van der Waals surface area contributed by atoms with E-state index in [0.717, 1.165) is 5.56 Å². The highest BCUT2D eigenvalue weighted by molar-refractivity contribution is 6.34. The first-order valence-electron chi connectivity index (χ1n) is 6.00. The number of alkyl halides is 3. The summed E-state index contributed by atoms with van der Waals surface area (Å²) in [4.78, 5) is 12.3. The summed E-state index contributed by atoms with van der Waals surface area (Å²) in [5, 5.41) is 13.4. The van der Waals surface area contributed by atoms with Gasteiger partial charge in [0.15, 0.2) is 0 Å². The largest absolute Gasteiger partial charge is 0.438 e. The van der Waals surface area contributed by atoms with E-state index in [2.05, 4.69) is 5.10 Å². The molecule has 21 heavy (non-hydrogen) atoms. The van der Waals surface area contributed by atoms with E-state index in [1.807, 2.05) is 0 Å². The van der Waals surface area contributed by atoms with Crippen molar-refractivity contribution in [2.45, 2.75) is 32.2 Å². The Morgan fingerprint density at radius 1 is 1.43 bits per heavy atom. The fraction of sp³-hybridized carbons (Fsp3) is 0.385. The summed E-state index contributed by atoms with van der Waals surface area (Å²) in [6, 6.07) is 4.30. The summed E-state index contributed by atoms with van der Waals surface area (Å²) in [5.41, 5.74) is -2.74. The maximum absolute atomic E-state index is 13.1. The summed E-state index contributed by atoms with van der Waals surface area (Å²) >= 11 is 5.89. The van der Waals surface area contributed by atoms with Crippen molar-refractivity contribution >= 4 is 23.2 Å². The predicted octanol–water partition coefficient (Wildman–Crippen LogP) is 3.12. The lowest BCUT2D eigenvalue weighted by atomic mass is 10.1. The summed E-state index contributed by atoms with van der Waals surface area (Å²) in [5.74, 6) is -1.10. The standard InChI is InChI=1S/C13H12ClF3N2O2/c1-7-3-4-9(10(14)5-7)11(20)19-12(21,13(15,16)17)6-8(2)18-19/h3-5,21H,6H2,1-2H3/t12-/m1/s1. The van der Waals surface area contributed by atoms with E-state index in [-0.39, 0.29) is 21.3 Å². The van der Waals surface area contributed by atoms with Gasteiger partial charge in [-0.25, -0.2) is 0 Å². The molecule has 0 spiro atoms. The molecule has 0 fully saturated rings. The lowest BCUT2D eigenvalue weighted by molar-refractivity contribution is -0.297. The van der Waals surface area contributed by atoms with Gasteiger partial charge >= 0.3 is 6.18 Å². The Morgan fingerprint density at radius 2 is 2.05 bits per heavy atom. The lowest BCUT2D eigenvalue weighted by Gasteiger charge is -2.32. The number of benzene rings is 1. The average molecular weight is 321 g/mol. The van der Waals surface area contributed by atoms with Crippen LogP contribution in [0.1, 0.15) is 29.3 Å². The first kappa shape index (κ1) is 15.8. The zero-order chi connectivity index (χ0) is 16.0. The van der Waals surface area contributed by atoms with Gasteiger partial charge in [0.25, 0.3) is 11.6 Å². The maximum atomic E-state index is 13.1. The van der Waals surface area contributed by atoms with E-state index in [1.165, 1.54) is 19.1 Å². The molecule has 1 aromatic carbocycles. The molecule has 1 aliphatic heterocycles. The summed E-state index contributed by atoms with van der Waals surface area (Å²) < 4.78 is 39.2. The Bertz CT molecular complexity index is 630. The molecule has 0 bridgehead atoms. The lowest BCUT2D eigenvalue weighted by Crippen LogP contribution is -2.56. The highest BCUT2D eigenvalue weighted by Crippen LogP contribution is 2.41. The van der Waals surface area contributed by atoms with Gasteiger partial charge in [0.05, 0.1) is 10.6 Å². The number of rotatable bonds is 1. The molecule has 1 heterocycles. The van der Waals surface area contributed by atoms with Crippen LogP contribution in [0.2, 0.25) is 5.02 Å². The molecule has 1 atom stereocenters. The van der Waals surface area contributed by atoms with E-state index in [4.69, 9.17) is 11.6 Å². The number of carbonyl (C=O) groups excluding carboxylic acids is 1. The third kappa shape index (κ3) is 2.63. The molecule has 4 nitrogen and oxygen atoms in total. The second-order valence-corrected chi connectivity index (χ2v) is 5.33. The molecule has 0 radical (unpaired) electrons. The number of hydrogen-bond donors (Lipinski definition) is 1. The number of amides is 1. The first-order chi connectivity index (χ1) is 9.56. The maximum Gasteiger partial charge on any atom is 0.438 e. The molecule has 0 unspecified atom stereocenters. The molecular formula is C13H12ClF3N2O2. The van der Waals surface area contributed by atoms with Crippen LogP contribution >= 0.6 is 11.6 Å². The second-order valence-electron chi connectivity index (χ2n) is 4.93. The number of halogens is 4. The SMILES string of the molecule is CC1=NN(C(=O)c2ccc(C)cc2Cl)[C@](O)(C(F)(F)F)C1. The quantitative estimate of drug-likeness (QED) is 0.864. The highest BCUT2D eigenvalue weighted by Gasteiger charge is 2.62. The first-order valence-corrected chi connectivity index (χ1v) is 6.38. The van der Waals surface area contributed by atoms with Gasteiger partial charge < -0.3 is 5.11 Å². The smallest absolute Gasteiger partial charge is 0.362 e. The van der Waals surface area contributed by atoms with Gasteiger partial charge in [-0.2, -0.15) is 23.3 Å². The molecule has 1 N–H and O–H groups in total. The molecule has 2 rings (SSSR count). The van der Waals surface area contributed by atoms with Crippen LogP contribution in [0.15, 0.2) is 23.3 Å². The minimum atomic E-state index is -5.03. The van der Waals surface area contributed by atoms with Gasteiger partial charge in [0.1, 0.15) is 0 Å². The minimum Gasteiger partial charge on any atom is -0.362 e. The molecule has 0 aromatic heterocycles. The predicted molar refractivity (Wildman–Crippen MR) is 71.1 cm³/mol. The van der Waals surface area contributed by atoms with Gasteiger partial charge in [-0.1, -0.05) is 17.7 Å². The number of hydrogen-bond acceptors (Lipinski definition) is 3. The zero-order valence-electron chi connectivity index (χ0n) is 11.2. The van der Waals surface area contributed by atoms with Crippen LogP contribution in [-0.2, 0) is 0 Å². The van der Waals surface area contributed by atoms with Gasteiger partial charge in [-0.05, 0) is 31.5 Å². The van der Waals surface area contributed by atoms with Crippen molar-refractivity contribution in [3.63, 3.8) is 0 Å². The molecule has 0 aliphatic carbocycles. The summed E-state index contributed by atoms with van der Waals surface area (Å²) in [6.45, 7) is 3.03. The number of hydrazone groups is 1. The van der Waals surface area contributed by atoms with Crippen molar-refractivity contribution in [2.75, 3.05) is 0 Å². The third-order valence-electron chi connectivity index (χ3n) is 3.12. The summed E-state index contributed by atoms with van der Waals surface area (Å²) in [6.07, 6.45) is -5.81. The Hall–Kier alpha value is -1.60. The average Bonchev–Trinajstić information content (AvgIpc) is 2.64. The van der Waals surface area contributed by atoms with Crippen molar-refractivity contribution in [1.82, 2.24) is 5.01 Å².